The quantitative estimate of drug-likeness (QED) is 0.256. The van der Waals surface area contributed by atoms with E-state index in [1.807, 2.05) is 43.3 Å². The van der Waals surface area contributed by atoms with Gasteiger partial charge in [0.1, 0.15) is 12.4 Å². The van der Waals surface area contributed by atoms with Crippen LogP contribution in [0.5, 0.6) is 5.75 Å². The molecule has 2 aromatic carbocycles. The Labute approximate surface area is 184 Å². The molecule has 0 saturated carbocycles. The van der Waals surface area contributed by atoms with Crippen LogP contribution in [0.15, 0.2) is 52.4 Å². The molecule has 0 saturated heterocycles. The second kappa shape index (κ2) is 11.3. The van der Waals surface area contributed by atoms with Crippen LogP contribution in [0.25, 0.3) is 0 Å². The number of halogens is 1. The van der Waals surface area contributed by atoms with Gasteiger partial charge in [-0.2, -0.15) is 0 Å². The molecular formula is C20H28IN3O3S. The van der Waals surface area contributed by atoms with Gasteiger partial charge in [-0.15, -0.1) is 24.0 Å². The van der Waals surface area contributed by atoms with Crippen molar-refractivity contribution in [3.63, 3.8) is 0 Å². The molecule has 0 aliphatic heterocycles. The van der Waals surface area contributed by atoms with Crippen molar-refractivity contribution in [2.24, 2.45) is 4.99 Å². The first-order valence-corrected chi connectivity index (χ1v) is 10.6. The summed E-state index contributed by atoms with van der Waals surface area (Å²) in [6, 6.07) is 13.2. The van der Waals surface area contributed by atoms with Gasteiger partial charge in [-0.05, 0) is 42.7 Å². The maximum Gasteiger partial charge on any atom is 0.191 e. The first kappa shape index (κ1) is 24.2. The lowest BCUT2D eigenvalue weighted by atomic mass is 10.1. The van der Waals surface area contributed by atoms with Gasteiger partial charge in [0.15, 0.2) is 15.8 Å². The van der Waals surface area contributed by atoms with Gasteiger partial charge in [0, 0.05) is 19.8 Å². The Hall–Kier alpha value is -1.81. The van der Waals surface area contributed by atoms with E-state index in [4.69, 9.17) is 4.74 Å². The van der Waals surface area contributed by atoms with Crippen molar-refractivity contribution in [2.45, 2.75) is 25.3 Å². The average Bonchev–Trinajstić information content (AvgIpc) is 2.61. The highest BCUT2D eigenvalue weighted by Gasteiger charge is 2.11. The molecule has 6 nitrogen and oxygen atoms in total. The number of guanidine groups is 1. The molecular weight excluding hydrogens is 489 g/mol. The summed E-state index contributed by atoms with van der Waals surface area (Å²) in [4.78, 5) is 4.55. The number of aryl methyl sites for hydroxylation is 2. The van der Waals surface area contributed by atoms with Gasteiger partial charge in [-0.3, -0.25) is 4.99 Å². The molecule has 0 aliphatic rings. The van der Waals surface area contributed by atoms with Gasteiger partial charge in [0.05, 0.1) is 11.4 Å². The minimum Gasteiger partial charge on any atom is -0.491 e. The van der Waals surface area contributed by atoms with E-state index in [-0.39, 0.29) is 24.0 Å². The van der Waals surface area contributed by atoms with Crippen LogP contribution in [-0.4, -0.2) is 40.8 Å². The third-order valence-electron chi connectivity index (χ3n) is 4.07. The molecule has 0 fully saturated rings. The van der Waals surface area contributed by atoms with Crippen molar-refractivity contribution < 1.29 is 13.2 Å². The van der Waals surface area contributed by atoms with E-state index in [1.165, 1.54) is 6.26 Å². The Balaban J connectivity index is 0.00000392. The zero-order chi connectivity index (χ0) is 19.9. The standard InChI is InChI=1S/C20H27N3O3S.HI/c1-15-7-5-6-8-18(15)26-12-11-22-20(21-3)23-14-17-9-10-19(16(2)13-17)27(4,24)25;/h5-10,13H,11-12,14H2,1-4H3,(H2,21,22,23);1H. The zero-order valence-electron chi connectivity index (χ0n) is 16.7. The van der Waals surface area contributed by atoms with Gasteiger partial charge < -0.3 is 15.4 Å². The Morgan fingerprint density at radius 2 is 1.79 bits per heavy atom. The highest BCUT2D eigenvalue weighted by Crippen LogP contribution is 2.17. The molecule has 2 N–H and O–H groups in total. The van der Waals surface area contributed by atoms with E-state index in [0.717, 1.165) is 22.4 Å². The Bertz CT molecular complexity index is 915. The molecule has 0 heterocycles. The van der Waals surface area contributed by atoms with E-state index in [9.17, 15) is 8.42 Å². The van der Waals surface area contributed by atoms with Crippen molar-refractivity contribution in [1.29, 1.82) is 0 Å². The van der Waals surface area contributed by atoms with E-state index >= 15 is 0 Å². The number of sulfone groups is 1. The lowest BCUT2D eigenvalue weighted by molar-refractivity contribution is 0.320. The van der Waals surface area contributed by atoms with Crippen LogP contribution in [-0.2, 0) is 16.4 Å². The lowest BCUT2D eigenvalue weighted by Gasteiger charge is -2.14. The van der Waals surface area contributed by atoms with Crippen LogP contribution in [0, 0.1) is 13.8 Å². The number of ether oxygens (including phenoxy) is 1. The average molecular weight is 517 g/mol. The summed E-state index contributed by atoms with van der Waals surface area (Å²) < 4.78 is 29.1. The van der Waals surface area contributed by atoms with Crippen LogP contribution in [0.2, 0.25) is 0 Å². The van der Waals surface area contributed by atoms with E-state index in [1.54, 1.807) is 20.0 Å². The number of aliphatic imine (C=N–C) groups is 1. The number of nitrogens with one attached hydrogen (secondary N) is 2. The molecule has 0 spiro atoms. The number of rotatable bonds is 7. The fourth-order valence-corrected chi connectivity index (χ4v) is 3.65. The lowest BCUT2D eigenvalue weighted by Crippen LogP contribution is -2.38. The molecule has 0 aliphatic carbocycles. The monoisotopic (exact) mass is 517 g/mol. The molecule has 0 unspecified atom stereocenters. The molecule has 0 radical (unpaired) electrons. The minimum absolute atomic E-state index is 0. The van der Waals surface area contributed by atoms with E-state index < -0.39 is 9.84 Å². The maximum absolute atomic E-state index is 11.7. The summed E-state index contributed by atoms with van der Waals surface area (Å²) in [7, 11) is -1.49. The normalized spacial score (nSPS) is 11.5. The van der Waals surface area contributed by atoms with Crippen molar-refractivity contribution in [3.05, 3.63) is 59.2 Å². The fraction of sp³-hybridized carbons (Fsp3) is 0.350. The zero-order valence-corrected chi connectivity index (χ0v) is 19.8. The highest BCUT2D eigenvalue weighted by molar-refractivity contribution is 14.0. The van der Waals surface area contributed by atoms with Gasteiger partial charge >= 0.3 is 0 Å². The molecule has 154 valence electrons. The van der Waals surface area contributed by atoms with Crippen LogP contribution in [0.3, 0.4) is 0 Å². The summed E-state index contributed by atoms with van der Waals surface area (Å²) in [6.45, 7) is 5.49. The van der Waals surface area contributed by atoms with Crippen molar-refractivity contribution in [1.82, 2.24) is 10.6 Å². The van der Waals surface area contributed by atoms with Gasteiger partial charge in [0.25, 0.3) is 0 Å². The molecule has 0 bridgehead atoms. The van der Waals surface area contributed by atoms with E-state index in [2.05, 4.69) is 15.6 Å². The summed E-state index contributed by atoms with van der Waals surface area (Å²) in [5.74, 6) is 1.54. The summed E-state index contributed by atoms with van der Waals surface area (Å²) in [6.07, 6.45) is 1.22. The maximum atomic E-state index is 11.7. The SMILES string of the molecule is CN=C(NCCOc1ccccc1C)NCc1ccc(S(C)(=O)=O)c(C)c1.I. The number of hydrogen-bond donors (Lipinski definition) is 2. The molecule has 0 aromatic heterocycles. The predicted octanol–water partition coefficient (Wildman–Crippen LogP) is 3.07. The Kier molecular flexibility index (Phi) is 9.74. The van der Waals surface area contributed by atoms with Crippen LogP contribution in [0.1, 0.15) is 16.7 Å². The second-order valence-electron chi connectivity index (χ2n) is 6.34. The van der Waals surface area contributed by atoms with Crippen LogP contribution in [0.4, 0.5) is 0 Å². The molecule has 8 heteroatoms. The van der Waals surface area contributed by atoms with Gasteiger partial charge in [0.2, 0.25) is 0 Å². The van der Waals surface area contributed by atoms with E-state index in [0.29, 0.717) is 30.6 Å². The van der Waals surface area contributed by atoms with Crippen molar-refractivity contribution in [2.75, 3.05) is 26.5 Å². The minimum atomic E-state index is -3.20. The fourth-order valence-electron chi connectivity index (χ4n) is 2.69. The molecule has 28 heavy (non-hydrogen) atoms. The highest BCUT2D eigenvalue weighted by atomic mass is 127. The first-order chi connectivity index (χ1) is 12.8. The Morgan fingerprint density at radius 1 is 1.07 bits per heavy atom. The number of hydrogen-bond acceptors (Lipinski definition) is 4. The molecule has 0 atom stereocenters. The largest absolute Gasteiger partial charge is 0.491 e. The number of benzene rings is 2. The van der Waals surface area contributed by atoms with Gasteiger partial charge in [-0.1, -0.05) is 30.3 Å². The molecule has 2 aromatic rings. The third kappa shape index (κ3) is 7.31. The first-order valence-electron chi connectivity index (χ1n) is 8.74. The second-order valence-corrected chi connectivity index (χ2v) is 8.32. The predicted molar refractivity (Wildman–Crippen MR) is 125 cm³/mol. The molecule has 0 amide bonds. The van der Waals surface area contributed by atoms with Gasteiger partial charge in [-0.25, -0.2) is 8.42 Å². The van der Waals surface area contributed by atoms with Crippen LogP contribution < -0.4 is 15.4 Å². The topological polar surface area (TPSA) is 79.8 Å². The number of nitrogens with zero attached hydrogens (tertiary/aromatic N) is 1. The smallest absolute Gasteiger partial charge is 0.191 e. The summed E-state index contributed by atoms with van der Waals surface area (Å²) in [5, 5.41) is 6.41. The summed E-state index contributed by atoms with van der Waals surface area (Å²) in [5.41, 5.74) is 2.83. The Morgan fingerprint density at radius 3 is 2.39 bits per heavy atom. The molecule has 2 rings (SSSR count). The van der Waals surface area contributed by atoms with Crippen LogP contribution >= 0.6 is 24.0 Å². The summed E-state index contributed by atoms with van der Waals surface area (Å²) >= 11 is 0. The van der Waals surface area contributed by atoms with Crippen molar-refractivity contribution >= 4 is 39.8 Å². The van der Waals surface area contributed by atoms with Crippen molar-refractivity contribution in [3.8, 4) is 5.75 Å². The number of para-hydroxylation sites is 1. The third-order valence-corrected chi connectivity index (χ3v) is 5.33.